The number of ether oxygens (including phenoxy) is 1. The van der Waals surface area contributed by atoms with E-state index in [4.69, 9.17) is 9.57 Å². The van der Waals surface area contributed by atoms with Gasteiger partial charge in [0.2, 0.25) is 0 Å². The quantitative estimate of drug-likeness (QED) is 0.372. The van der Waals surface area contributed by atoms with E-state index in [-0.39, 0.29) is 23.5 Å². The van der Waals surface area contributed by atoms with Gasteiger partial charge in [-0.15, -0.1) is 11.0 Å². The van der Waals surface area contributed by atoms with E-state index in [1.165, 1.54) is 31.2 Å². The highest BCUT2D eigenvalue weighted by Gasteiger charge is 2.51. The molecule has 214 valence electrons. The van der Waals surface area contributed by atoms with Gasteiger partial charge in [0.1, 0.15) is 5.75 Å². The molecule has 4 rings (SSSR count). The van der Waals surface area contributed by atoms with Crippen LogP contribution < -0.4 is 31.3 Å². The summed E-state index contributed by atoms with van der Waals surface area (Å²) in [5.74, 6) is 2.03. The number of carbonyl (C=O) groups is 2. The fourth-order valence-corrected chi connectivity index (χ4v) is 4.63. The average Bonchev–Trinajstić information content (AvgIpc) is 3.26. The predicted octanol–water partition coefficient (Wildman–Crippen LogP) is 0.298. The summed E-state index contributed by atoms with van der Waals surface area (Å²) in [6.45, 7) is 2.22. The van der Waals surface area contributed by atoms with Crippen LogP contribution in [0.4, 0.5) is 24.7 Å². The lowest BCUT2D eigenvalue weighted by Gasteiger charge is -2.40. The highest BCUT2D eigenvalue weighted by molar-refractivity contribution is 5.99. The van der Waals surface area contributed by atoms with Crippen LogP contribution in [-0.2, 0) is 23.2 Å². The van der Waals surface area contributed by atoms with Crippen LogP contribution in [0.1, 0.15) is 17.3 Å². The third-order valence-electron chi connectivity index (χ3n) is 6.50. The molecule has 1 aromatic heterocycles. The molecule has 12 nitrogen and oxygen atoms in total. The number of rotatable bonds is 7. The first-order valence-corrected chi connectivity index (χ1v) is 12.2. The number of hydrogen-bond donors (Lipinski definition) is 1. The number of benzene rings is 1. The number of ketones is 1. The van der Waals surface area contributed by atoms with Crippen molar-refractivity contribution in [2.45, 2.75) is 25.9 Å². The van der Waals surface area contributed by atoms with Gasteiger partial charge in [0.15, 0.2) is 23.6 Å². The van der Waals surface area contributed by atoms with Crippen LogP contribution in [0, 0.1) is 11.8 Å². The van der Waals surface area contributed by atoms with E-state index in [0.29, 0.717) is 31.2 Å². The van der Waals surface area contributed by atoms with Crippen LogP contribution in [0.15, 0.2) is 33.9 Å². The third kappa shape index (κ3) is 5.27. The molecule has 0 radical (unpaired) electrons. The van der Waals surface area contributed by atoms with Crippen LogP contribution in [0.5, 0.6) is 5.75 Å². The summed E-state index contributed by atoms with van der Waals surface area (Å²) < 4.78 is 47.1. The molecule has 1 atom stereocenters. The summed E-state index contributed by atoms with van der Waals surface area (Å²) in [6.07, 6.45) is -6.64. The number of nitrogens with one attached hydrogen (secondary N) is 1. The second-order valence-corrected chi connectivity index (χ2v) is 8.92. The molecule has 2 aromatic rings. The van der Waals surface area contributed by atoms with Crippen molar-refractivity contribution in [2.24, 2.45) is 7.05 Å². The highest BCUT2D eigenvalue weighted by atomic mass is 19.4. The number of carbonyl (C=O) groups excluding carboxylic acids is 2. The minimum absolute atomic E-state index is 0.101. The SMILES string of the molecule is CC#CCN1c2c(n(CC(=O)c3ccccc3OC)c(=O)n(C)c2=O)N(OC(=O)C(F)(F)F)C1N1CCNCC1. The number of fused-ring (bicyclic) bond motifs is 1. The summed E-state index contributed by atoms with van der Waals surface area (Å²) in [6, 6.07) is 6.20. The van der Waals surface area contributed by atoms with Gasteiger partial charge in [0, 0.05) is 33.2 Å². The monoisotopic (exact) mass is 564 g/mol. The van der Waals surface area contributed by atoms with Gasteiger partial charge in [-0.3, -0.25) is 23.6 Å². The normalized spacial score (nSPS) is 17.2. The number of aromatic nitrogens is 2. The fraction of sp³-hybridized carbons (Fsp3) is 0.440. The summed E-state index contributed by atoms with van der Waals surface area (Å²) in [5, 5.41) is 3.71. The van der Waals surface area contributed by atoms with E-state index in [2.05, 4.69) is 17.2 Å². The number of hydroxylamine groups is 1. The number of halogens is 3. The molecule has 0 spiro atoms. The van der Waals surface area contributed by atoms with Crippen molar-refractivity contribution in [1.82, 2.24) is 19.4 Å². The number of hydrogen-bond acceptors (Lipinski definition) is 10. The zero-order chi connectivity index (χ0) is 29.2. The molecular formula is C25H27F3N6O6. The van der Waals surface area contributed by atoms with Gasteiger partial charge >= 0.3 is 17.8 Å². The van der Waals surface area contributed by atoms with Crippen LogP contribution in [0.2, 0.25) is 0 Å². The van der Waals surface area contributed by atoms with Crippen LogP contribution in [-0.4, -0.2) is 78.1 Å². The van der Waals surface area contributed by atoms with Crippen molar-refractivity contribution >= 4 is 23.3 Å². The lowest BCUT2D eigenvalue weighted by atomic mass is 10.1. The predicted molar refractivity (Wildman–Crippen MR) is 137 cm³/mol. The summed E-state index contributed by atoms with van der Waals surface area (Å²) in [5.41, 5.74) is -1.99. The number of anilines is 2. The molecule has 3 heterocycles. The molecule has 1 saturated heterocycles. The highest BCUT2D eigenvalue weighted by Crippen LogP contribution is 2.39. The van der Waals surface area contributed by atoms with Gasteiger partial charge in [-0.05, 0) is 19.1 Å². The van der Waals surface area contributed by atoms with Gasteiger partial charge in [-0.2, -0.15) is 13.2 Å². The van der Waals surface area contributed by atoms with Crippen LogP contribution in [0.3, 0.4) is 0 Å². The third-order valence-corrected chi connectivity index (χ3v) is 6.50. The topological polar surface area (TPSA) is 118 Å². The molecule has 40 heavy (non-hydrogen) atoms. The minimum atomic E-state index is -5.39. The van der Waals surface area contributed by atoms with Crippen molar-refractivity contribution in [3.8, 4) is 17.6 Å². The Balaban J connectivity index is 1.95. The molecule has 0 amide bonds. The molecular weight excluding hydrogens is 537 g/mol. The van der Waals surface area contributed by atoms with Crippen molar-refractivity contribution in [2.75, 3.05) is 49.8 Å². The molecule has 0 bridgehead atoms. The van der Waals surface area contributed by atoms with E-state index in [1.807, 2.05) is 0 Å². The first-order chi connectivity index (χ1) is 19.0. The smallest absolute Gasteiger partial charge is 0.493 e. The van der Waals surface area contributed by atoms with E-state index in [0.717, 1.165) is 9.13 Å². The molecule has 0 saturated carbocycles. The number of nitrogens with zero attached hydrogens (tertiary/aromatic N) is 5. The first kappa shape index (κ1) is 28.7. The van der Waals surface area contributed by atoms with Gasteiger partial charge in [-0.1, -0.05) is 18.1 Å². The second kappa shape index (κ2) is 11.4. The lowest BCUT2D eigenvalue weighted by molar-refractivity contribution is -0.203. The molecule has 1 N–H and O–H groups in total. The Morgan fingerprint density at radius 1 is 1.15 bits per heavy atom. The Bertz CT molecular complexity index is 1490. The van der Waals surface area contributed by atoms with Crippen LogP contribution in [0.25, 0.3) is 0 Å². The zero-order valence-corrected chi connectivity index (χ0v) is 21.9. The molecule has 1 unspecified atom stereocenters. The second-order valence-electron chi connectivity index (χ2n) is 8.92. The lowest BCUT2D eigenvalue weighted by Crippen LogP contribution is -2.61. The Morgan fingerprint density at radius 3 is 2.45 bits per heavy atom. The maximum atomic E-state index is 13.5. The number of piperazine rings is 1. The van der Waals surface area contributed by atoms with Gasteiger partial charge in [0.05, 0.1) is 25.8 Å². The van der Waals surface area contributed by atoms with E-state index >= 15 is 0 Å². The van der Waals surface area contributed by atoms with Gasteiger partial charge in [0.25, 0.3) is 5.56 Å². The van der Waals surface area contributed by atoms with Crippen LogP contribution >= 0.6 is 0 Å². The number of Topliss-reactive ketones (excluding diaryl/α,β-unsaturated/α-hetero) is 1. The Kier molecular flexibility index (Phi) is 8.21. The molecule has 0 aliphatic carbocycles. The maximum Gasteiger partial charge on any atom is 0.493 e. The Hall–Kier alpha value is -4.29. The summed E-state index contributed by atoms with van der Waals surface area (Å²) >= 11 is 0. The number of para-hydroxylation sites is 1. The van der Waals surface area contributed by atoms with E-state index in [9.17, 15) is 32.3 Å². The van der Waals surface area contributed by atoms with E-state index in [1.54, 1.807) is 24.0 Å². The average molecular weight is 565 g/mol. The Labute approximate surface area is 226 Å². The Morgan fingerprint density at radius 2 is 1.82 bits per heavy atom. The molecule has 1 fully saturated rings. The number of methoxy groups -OCH3 is 1. The van der Waals surface area contributed by atoms with Gasteiger partial charge < -0.3 is 19.8 Å². The molecule has 1 aromatic carbocycles. The fourth-order valence-electron chi connectivity index (χ4n) is 4.63. The van der Waals surface area contributed by atoms with Crippen molar-refractivity contribution in [3.05, 3.63) is 50.7 Å². The molecule has 2 aliphatic heterocycles. The zero-order valence-electron chi connectivity index (χ0n) is 21.9. The van der Waals surface area contributed by atoms with Crippen molar-refractivity contribution < 1.29 is 32.3 Å². The summed E-state index contributed by atoms with van der Waals surface area (Å²) in [7, 11) is 2.54. The largest absolute Gasteiger partial charge is 0.496 e. The summed E-state index contributed by atoms with van der Waals surface area (Å²) in [4.78, 5) is 60.3. The van der Waals surface area contributed by atoms with Crippen molar-refractivity contribution in [1.29, 1.82) is 0 Å². The number of alkyl halides is 3. The standard InChI is InChI=1S/C25H27F3N6O6/c1-4-5-12-32-19-20(34(40-22(37)25(26,27)28)23(32)31-13-10-29-11-14-31)33(24(38)30(2)21(19)36)15-17(35)16-8-6-7-9-18(16)39-3/h6-9,23,29H,10-15H2,1-3H3. The van der Waals surface area contributed by atoms with E-state index < -0.39 is 47.8 Å². The first-order valence-electron chi connectivity index (χ1n) is 12.2. The molecule has 2 aliphatic rings. The minimum Gasteiger partial charge on any atom is -0.496 e. The van der Waals surface area contributed by atoms with Crippen molar-refractivity contribution in [3.63, 3.8) is 0 Å². The maximum absolute atomic E-state index is 13.5. The van der Waals surface area contributed by atoms with Gasteiger partial charge in [-0.25, -0.2) is 9.59 Å². The molecule has 15 heteroatoms.